The van der Waals surface area contributed by atoms with Crippen molar-refractivity contribution in [1.29, 1.82) is 0 Å². The average Bonchev–Trinajstić information content (AvgIpc) is 2.74. The summed E-state index contributed by atoms with van der Waals surface area (Å²) in [6, 6.07) is 0. The van der Waals surface area contributed by atoms with Gasteiger partial charge in [-0.2, -0.15) is 17.0 Å². The standard InChI is InChI=1S/C14H33BN4O4S/c1-5-19(13(2,3)10-16)24(22,23)18-9-12(14(4,17)11-18)7-6-8-15(20)21/h12,20-21H,5-11,16-17H2,1-4H3/t12-,14-/m0/s1. The van der Waals surface area contributed by atoms with Gasteiger partial charge < -0.3 is 21.5 Å². The Hall–Kier alpha value is -0.225. The van der Waals surface area contributed by atoms with Crippen molar-refractivity contribution in [3.05, 3.63) is 0 Å². The highest BCUT2D eigenvalue weighted by molar-refractivity contribution is 7.86. The van der Waals surface area contributed by atoms with Gasteiger partial charge in [0.15, 0.2) is 0 Å². The molecule has 0 amide bonds. The topological polar surface area (TPSA) is 133 Å². The van der Waals surface area contributed by atoms with Crippen molar-refractivity contribution in [2.45, 2.75) is 57.9 Å². The van der Waals surface area contributed by atoms with Crippen LogP contribution in [0.4, 0.5) is 0 Å². The molecule has 0 aromatic heterocycles. The lowest BCUT2D eigenvalue weighted by molar-refractivity contribution is 0.226. The molecule has 24 heavy (non-hydrogen) atoms. The normalized spacial score (nSPS) is 26.3. The Morgan fingerprint density at radius 2 is 2.00 bits per heavy atom. The van der Waals surface area contributed by atoms with Crippen LogP contribution in [0.1, 0.15) is 40.5 Å². The lowest BCUT2D eigenvalue weighted by atomic mass is 9.79. The van der Waals surface area contributed by atoms with Crippen molar-refractivity contribution in [3.63, 3.8) is 0 Å². The second kappa shape index (κ2) is 7.98. The van der Waals surface area contributed by atoms with E-state index in [0.29, 0.717) is 25.9 Å². The first-order chi connectivity index (χ1) is 10.9. The van der Waals surface area contributed by atoms with Crippen LogP contribution < -0.4 is 11.5 Å². The molecule has 2 atom stereocenters. The molecule has 0 unspecified atom stereocenters. The number of nitrogens with two attached hydrogens (primary N) is 2. The molecular formula is C14H33BN4O4S. The first kappa shape index (κ1) is 21.8. The van der Waals surface area contributed by atoms with Gasteiger partial charge in [0, 0.05) is 37.3 Å². The Labute approximate surface area is 146 Å². The van der Waals surface area contributed by atoms with E-state index >= 15 is 0 Å². The maximum Gasteiger partial charge on any atom is 0.451 e. The minimum atomic E-state index is -3.66. The maximum atomic E-state index is 13.0. The number of hydrogen-bond donors (Lipinski definition) is 4. The Balaban J connectivity index is 2.90. The van der Waals surface area contributed by atoms with Crippen molar-refractivity contribution in [3.8, 4) is 0 Å². The van der Waals surface area contributed by atoms with E-state index in [2.05, 4.69) is 0 Å². The van der Waals surface area contributed by atoms with E-state index in [-0.39, 0.29) is 25.3 Å². The Kier molecular flexibility index (Phi) is 7.26. The fourth-order valence-electron chi connectivity index (χ4n) is 3.32. The van der Waals surface area contributed by atoms with Crippen LogP contribution in [0.5, 0.6) is 0 Å². The molecule has 0 aromatic carbocycles. The van der Waals surface area contributed by atoms with E-state index in [1.165, 1.54) is 8.61 Å². The second-order valence-corrected chi connectivity index (χ2v) is 9.45. The number of likely N-dealkylation sites (N-methyl/N-ethyl adjacent to an activating group) is 1. The molecule has 6 N–H and O–H groups in total. The van der Waals surface area contributed by atoms with Crippen LogP contribution in [0.3, 0.4) is 0 Å². The highest BCUT2D eigenvalue weighted by atomic mass is 32.2. The summed E-state index contributed by atoms with van der Waals surface area (Å²) in [6.07, 6.45) is 1.51. The first-order valence-electron chi connectivity index (χ1n) is 8.51. The van der Waals surface area contributed by atoms with Gasteiger partial charge in [-0.25, -0.2) is 0 Å². The lowest BCUT2D eigenvalue weighted by Gasteiger charge is -2.38. The number of nitrogens with zero attached hydrogens (tertiary/aromatic N) is 2. The zero-order chi connectivity index (χ0) is 18.8. The maximum absolute atomic E-state index is 13.0. The molecule has 8 nitrogen and oxygen atoms in total. The summed E-state index contributed by atoms with van der Waals surface area (Å²) in [5, 5.41) is 17.9. The molecule has 1 aliphatic rings. The lowest BCUT2D eigenvalue weighted by Crippen LogP contribution is -2.56. The summed E-state index contributed by atoms with van der Waals surface area (Å²) in [4.78, 5) is 0. The van der Waals surface area contributed by atoms with Crippen molar-refractivity contribution in [1.82, 2.24) is 8.61 Å². The quantitative estimate of drug-likeness (QED) is 0.396. The average molecular weight is 364 g/mol. The van der Waals surface area contributed by atoms with Crippen molar-refractivity contribution < 1.29 is 18.5 Å². The van der Waals surface area contributed by atoms with Crippen molar-refractivity contribution >= 4 is 17.3 Å². The van der Waals surface area contributed by atoms with Crippen LogP contribution in [0.15, 0.2) is 0 Å². The van der Waals surface area contributed by atoms with Crippen LogP contribution in [0, 0.1) is 5.92 Å². The van der Waals surface area contributed by atoms with Crippen LogP contribution in [-0.4, -0.2) is 71.5 Å². The van der Waals surface area contributed by atoms with Crippen LogP contribution in [0.25, 0.3) is 0 Å². The predicted octanol–water partition coefficient (Wildman–Crippen LogP) is -0.807. The SMILES string of the molecule is CCN(C(C)(C)CN)S(=O)(=O)N1C[C@H](CCCB(O)O)[C@@](C)(N)C1. The van der Waals surface area contributed by atoms with Crippen LogP contribution >= 0.6 is 0 Å². The Morgan fingerprint density at radius 1 is 1.42 bits per heavy atom. The highest BCUT2D eigenvalue weighted by Crippen LogP contribution is 2.33. The molecule has 0 radical (unpaired) electrons. The van der Waals surface area contributed by atoms with Gasteiger partial charge >= 0.3 is 7.12 Å². The van der Waals surface area contributed by atoms with Crippen LogP contribution in [0.2, 0.25) is 6.32 Å². The summed E-state index contributed by atoms with van der Waals surface area (Å²) < 4.78 is 29.0. The Morgan fingerprint density at radius 3 is 2.46 bits per heavy atom. The van der Waals surface area contributed by atoms with E-state index in [0.717, 1.165) is 0 Å². The van der Waals surface area contributed by atoms with Gasteiger partial charge in [0.1, 0.15) is 0 Å². The second-order valence-electron chi connectivity index (χ2n) is 7.60. The molecule has 10 heteroatoms. The van der Waals surface area contributed by atoms with E-state index in [1.54, 1.807) is 6.92 Å². The van der Waals surface area contributed by atoms with E-state index in [4.69, 9.17) is 21.5 Å². The summed E-state index contributed by atoms with van der Waals surface area (Å²) in [7, 11) is -4.99. The first-order valence-corrected chi connectivity index (χ1v) is 9.91. The molecule has 0 bridgehead atoms. The van der Waals surface area contributed by atoms with Gasteiger partial charge in [-0.15, -0.1) is 0 Å². The van der Waals surface area contributed by atoms with Gasteiger partial charge in [0.2, 0.25) is 0 Å². The van der Waals surface area contributed by atoms with Gasteiger partial charge in [0.25, 0.3) is 10.2 Å². The smallest absolute Gasteiger partial charge is 0.427 e. The zero-order valence-corrected chi connectivity index (χ0v) is 16.1. The molecule has 0 aliphatic carbocycles. The van der Waals surface area contributed by atoms with E-state index in [1.807, 2.05) is 20.8 Å². The minimum absolute atomic E-state index is 0.0225. The van der Waals surface area contributed by atoms with Crippen molar-refractivity contribution in [2.24, 2.45) is 17.4 Å². The molecule has 1 heterocycles. The molecule has 1 rings (SSSR count). The third kappa shape index (κ3) is 4.90. The molecular weight excluding hydrogens is 331 g/mol. The highest BCUT2D eigenvalue weighted by Gasteiger charge is 2.47. The Bertz CT molecular complexity index is 513. The third-order valence-electron chi connectivity index (χ3n) is 4.96. The third-order valence-corrected chi connectivity index (χ3v) is 7.20. The summed E-state index contributed by atoms with van der Waals surface area (Å²) >= 11 is 0. The summed E-state index contributed by atoms with van der Waals surface area (Å²) in [6.45, 7) is 8.43. The van der Waals surface area contributed by atoms with Crippen molar-refractivity contribution in [2.75, 3.05) is 26.2 Å². The predicted molar refractivity (Wildman–Crippen MR) is 96.3 cm³/mol. The molecule has 0 spiro atoms. The van der Waals surface area contributed by atoms with Crippen LogP contribution in [-0.2, 0) is 10.2 Å². The van der Waals surface area contributed by atoms with Gasteiger partial charge in [0.05, 0.1) is 0 Å². The molecule has 1 aliphatic heterocycles. The monoisotopic (exact) mass is 364 g/mol. The van der Waals surface area contributed by atoms with Gasteiger partial charge in [-0.1, -0.05) is 13.3 Å². The van der Waals surface area contributed by atoms with E-state index < -0.39 is 28.4 Å². The molecule has 0 saturated carbocycles. The fraction of sp³-hybridized carbons (Fsp3) is 1.00. The number of hydrogen-bond acceptors (Lipinski definition) is 6. The minimum Gasteiger partial charge on any atom is -0.427 e. The molecule has 1 saturated heterocycles. The largest absolute Gasteiger partial charge is 0.451 e. The zero-order valence-electron chi connectivity index (χ0n) is 15.3. The fourth-order valence-corrected chi connectivity index (χ4v) is 5.43. The molecule has 142 valence electrons. The van der Waals surface area contributed by atoms with E-state index in [9.17, 15) is 8.42 Å². The molecule has 0 aromatic rings. The molecule has 1 fully saturated rings. The summed E-state index contributed by atoms with van der Waals surface area (Å²) in [5.41, 5.74) is 10.8. The summed E-state index contributed by atoms with van der Waals surface area (Å²) in [5.74, 6) is -0.0225. The van der Waals surface area contributed by atoms with Gasteiger partial charge in [-0.3, -0.25) is 0 Å². The number of rotatable bonds is 9. The van der Waals surface area contributed by atoms with Gasteiger partial charge in [-0.05, 0) is 39.4 Å².